The summed E-state index contributed by atoms with van der Waals surface area (Å²) in [5, 5.41) is 16.4. The van der Waals surface area contributed by atoms with Gasteiger partial charge in [-0.05, 0) is 34.5 Å². The molecule has 6 nitrogen and oxygen atoms in total. The summed E-state index contributed by atoms with van der Waals surface area (Å²) in [4.78, 5) is 13.9. The number of aromatic nitrogens is 2. The number of hydrogen-bond acceptors (Lipinski definition) is 3. The molecule has 156 valence electrons. The number of urea groups is 1. The molecule has 0 fully saturated rings. The van der Waals surface area contributed by atoms with Crippen LogP contribution >= 0.6 is 15.9 Å². The van der Waals surface area contributed by atoms with Crippen molar-refractivity contribution in [3.05, 3.63) is 45.2 Å². The summed E-state index contributed by atoms with van der Waals surface area (Å²) in [6.07, 6.45) is -1.21. The molecule has 2 amide bonds. The maximum Gasteiger partial charge on any atom is 0.322 e. The van der Waals surface area contributed by atoms with Crippen LogP contribution in [-0.2, 0) is 25.4 Å². The molecule has 0 aliphatic carbocycles. The zero-order chi connectivity index (χ0) is 20.9. The topological polar surface area (TPSA) is 70.4 Å². The number of carbonyl (C=O) groups is 1. The number of halogens is 5. The highest BCUT2D eigenvalue weighted by Crippen LogP contribution is 2.40. The van der Waals surface area contributed by atoms with Crippen LogP contribution in [0.5, 0.6) is 0 Å². The average molecular weight is 477 g/mol. The molecule has 3 heterocycles. The summed E-state index contributed by atoms with van der Waals surface area (Å²) >= 11 is 2.77. The lowest BCUT2D eigenvalue weighted by molar-refractivity contribution is -0.0248. The summed E-state index contributed by atoms with van der Waals surface area (Å²) in [6.45, 7) is 0.0541. The maximum absolute atomic E-state index is 14.7. The second-order valence-corrected chi connectivity index (χ2v) is 7.97. The summed E-state index contributed by atoms with van der Waals surface area (Å²) < 4.78 is 57.6. The summed E-state index contributed by atoms with van der Waals surface area (Å²) in [6, 6.07) is 1.40. The van der Waals surface area contributed by atoms with Crippen LogP contribution in [0.4, 0.5) is 28.0 Å². The summed E-state index contributed by atoms with van der Waals surface area (Å²) in [5.74, 6) is -4.95. The van der Waals surface area contributed by atoms with Crippen LogP contribution in [0.15, 0.2) is 16.6 Å². The Morgan fingerprint density at radius 3 is 2.86 bits per heavy atom. The van der Waals surface area contributed by atoms with E-state index in [0.717, 1.165) is 16.8 Å². The van der Waals surface area contributed by atoms with Crippen molar-refractivity contribution in [2.24, 2.45) is 0 Å². The van der Waals surface area contributed by atoms with Crippen LogP contribution in [0.1, 0.15) is 29.8 Å². The first kappa shape index (κ1) is 20.1. The molecule has 1 atom stereocenters. The molecule has 0 saturated carbocycles. The highest BCUT2D eigenvalue weighted by molar-refractivity contribution is 9.10. The highest BCUT2D eigenvalue weighted by atomic mass is 79.9. The number of fused-ring (bicyclic) bond motifs is 3. The molecule has 2 aromatic rings. The van der Waals surface area contributed by atoms with Crippen LogP contribution < -0.4 is 5.32 Å². The van der Waals surface area contributed by atoms with Gasteiger partial charge in [0.2, 0.25) is 0 Å². The van der Waals surface area contributed by atoms with Crippen molar-refractivity contribution >= 4 is 27.6 Å². The first-order chi connectivity index (χ1) is 13.7. The third-order valence-electron chi connectivity index (χ3n) is 5.19. The highest BCUT2D eigenvalue weighted by Gasteiger charge is 2.43. The molecule has 4 rings (SSSR count). The van der Waals surface area contributed by atoms with Gasteiger partial charge in [0.05, 0.1) is 35.0 Å². The quantitative estimate of drug-likeness (QED) is 0.486. The number of amides is 2. The van der Waals surface area contributed by atoms with Gasteiger partial charge >= 0.3 is 6.03 Å². The molecule has 11 heteroatoms. The molecule has 2 aliphatic heterocycles. The van der Waals surface area contributed by atoms with Crippen LogP contribution in [-0.4, -0.2) is 38.5 Å². The second kappa shape index (κ2) is 7.28. The smallest absolute Gasteiger partial charge is 0.322 e. The molecular formula is C18H17BrF4N4O2. The third kappa shape index (κ3) is 3.61. The van der Waals surface area contributed by atoms with Crippen molar-refractivity contribution in [2.45, 2.75) is 44.4 Å². The minimum absolute atomic E-state index is 0.0288. The predicted octanol–water partition coefficient (Wildman–Crippen LogP) is 3.76. The fraction of sp³-hybridized carbons (Fsp3) is 0.444. The lowest BCUT2D eigenvalue weighted by Crippen LogP contribution is -2.39. The Balaban J connectivity index is 1.59. The van der Waals surface area contributed by atoms with E-state index in [0.29, 0.717) is 5.69 Å². The zero-order valence-electron chi connectivity index (χ0n) is 15.1. The molecule has 2 aliphatic rings. The van der Waals surface area contributed by atoms with E-state index >= 15 is 0 Å². The van der Waals surface area contributed by atoms with Gasteiger partial charge in [-0.15, -0.1) is 0 Å². The van der Waals surface area contributed by atoms with E-state index in [9.17, 15) is 27.5 Å². The van der Waals surface area contributed by atoms with Crippen molar-refractivity contribution in [1.29, 1.82) is 0 Å². The maximum atomic E-state index is 14.7. The third-order valence-corrected chi connectivity index (χ3v) is 5.91. The van der Waals surface area contributed by atoms with Crippen LogP contribution in [0, 0.1) is 11.6 Å². The van der Waals surface area contributed by atoms with Gasteiger partial charge in [0.15, 0.2) is 5.82 Å². The number of hydrogen-bond donors (Lipinski definition) is 2. The van der Waals surface area contributed by atoms with Gasteiger partial charge in [0.25, 0.3) is 5.92 Å². The van der Waals surface area contributed by atoms with Gasteiger partial charge in [0.1, 0.15) is 11.5 Å². The van der Waals surface area contributed by atoms with Gasteiger partial charge in [-0.3, -0.25) is 4.68 Å². The van der Waals surface area contributed by atoms with Crippen molar-refractivity contribution in [2.75, 3.05) is 11.9 Å². The number of nitrogens with zero attached hydrogens (tertiary/aromatic N) is 3. The average Bonchev–Trinajstić information content (AvgIpc) is 2.99. The molecule has 0 bridgehead atoms. The molecule has 1 aromatic heterocycles. The van der Waals surface area contributed by atoms with E-state index in [-0.39, 0.29) is 49.4 Å². The first-order valence-electron chi connectivity index (χ1n) is 9.01. The summed E-state index contributed by atoms with van der Waals surface area (Å²) in [7, 11) is 0. The Hall–Kier alpha value is -2.14. The Bertz CT molecular complexity index is 981. The number of alkyl halides is 2. The number of rotatable bonds is 1. The molecular weight excluding hydrogens is 460 g/mol. The van der Waals surface area contributed by atoms with Gasteiger partial charge in [-0.2, -0.15) is 13.9 Å². The lowest BCUT2D eigenvalue weighted by Gasteiger charge is -2.28. The van der Waals surface area contributed by atoms with E-state index in [1.54, 1.807) is 0 Å². The molecule has 1 unspecified atom stereocenters. The minimum atomic E-state index is -3.18. The van der Waals surface area contributed by atoms with Crippen molar-refractivity contribution < 1.29 is 27.5 Å². The molecule has 1 aromatic carbocycles. The number of aliphatic hydroxyl groups excluding tert-OH is 1. The lowest BCUT2D eigenvalue weighted by atomic mass is 10.00. The zero-order valence-corrected chi connectivity index (χ0v) is 16.6. The van der Waals surface area contributed by atoms with Crippen molar-refractivity contribution in [3.63, 3.8) is 0 Å². The number of nitrogens with one attached hydrogen (secondary N) is 1. The van der Waals surface area contributed by atoms with E-state index in [2.05, 4.69) is 26.3 Å². The number of anilines is 1. The second-order valence-electron chi connectivity index (χ2n) is 7.18. The molecule has 0 saturated heterocycles. The Morgan fingerprint density at radius 1 is 1.34 bits per heavy atom. The van der Waals surface area contributed by atoms with E-state index in [1.165, 1.54) is 4.90 Å². The van der Waals surface area contributed by atoms with Crippen molar-refractivity contribution in [3.8, 4) is 0 Å². The summed E-state index contributed by atoms with van der Waals surface area (Å²) in [5.41, 5.74) is 0.216. The van der Waals surface area contributed by atoms with Gasteiger partial charge in [-0.25, -0.2) is 13.6 Å². The van der Waals surface area contributed by atoms with Gasteiger partial charge in [0, 0.05) is 24.9 Å². The normalized spacial score (nSPS) is 20.6. The van der Waals surface area contributed by atoms with E-state index in [4.69, 9.17) is 0 Å². The Kier molecular flexibility index (Phi) is 5.06. The molecule has 0 spiro atoms. The fourth-order valence-electron chi connectivity index (χ4n) is 3.72. The molecule has 29 heavy (non-hydrogen) atoms. The van der Waals surface area contributed by atoms with Crippen LogP contribution in [0.3, 0.4) is 0 Å². The number of benzene rings is 1. The van der Waals surface area contributed by atoms with Gasteiger partial charge in [-0.1, -0.05) is 0 Å². The fourth-order valence-corrected chi connectivity index (χ4v) is 4.06. The van der Waals surface area contributed by atoms with E-state index < -0.39 is 40.6 Å². The number of aliphatic hydroxyl groups is 1. The Morgan fingerprint density at radius 2 is 2.10 bits per heavy atom. The van der Waals surface area contributed by atoms with Gasteiger partial charge < -0.3 is 15.3 Å². The van der Waals surface area contributed by atoms with E-state index in [1.807, 2.05) is 0 Å². The predicted molar refractivity (Wildman–Crippen MR) is 98.6 cm³/mol. The minimum Gasteiger partial charge on any atom is -0.391 e. The SMILES string of the molecule is O=C(Nc1ccc(F)c(Br)c1F)N1CCc2nn3c(c2C1)C(F)(F)CCC(O)C3. The van der Waals surface area contributed by atoms with Crippen LogP contribution in [0.25, 0.3) is 0 Å². The largest absolute Gasteiger partial charge is 0.391 e. The van der Waals surface area contributed by atoms with Crippen LogP contribution in [0.2, 0.25) is 0 Å². The monoisotopic (exact) mass is 476 g/mol. The first-order valence-corrected chi connectivity index (χ1v) is 9.81. The molecule has 2 N–H and O–H groups in total. The standard InChI is InChI=1S/C18H17BrF4N4O2/c19-14-11(20)1-2-13(15(14)21)24-17(29)26-6-4-12-10(8-26)16-18(22,23)5-3-9(28)7-27(16)25-12/h1-2,9,28H,3-8H2,(H,24,29). The Labute approximate surface area is 171 Å². The number of carbonyl (C=O) groups excluding carboxylic acids is 1. The molecule has 0 radical (unpaired) electrons. The van der Waals surface area contributed by atoms with Crippen molar-refractivity contribution in [1.82, 2.24) is 14.7 Å².